The Morgan fingerprint density at radius 2 is 1.70 bits per heavy atom. The summed E-state index contributed by atoms with van der Waals surface area (Å²) in [5.74, 6) is 0.0336. The predicted molar refractivity (Wildman–Crippen MR) is 95.7 cm³/mol. The molecule has 2 saturated heterocycles. The van der Waals surface area contributed by atoms with Crippen LogP contribution in [0, 0.1) is 0 Å². The van der Waals surface area contributed by atoms with Gasteiger partial charge in [-0.2, -0.15) is 17.5 Å². The molecule has 0 saturated carbocycles. The Hall–Kier alpha value is -1.16. The van der Waals surface area contributed by atoms with E-state index in [1.807, 2.05) is 0 Å². The third-order valence-electron chi connectivity index (χ3n) is 5.08. The van der Waals surface area contributed by atoms with Crippen LogP contribution >= 0.6 is 0 Å². The van der Waals surface area contributed by atoms with Crippen LogP contribution in [0.2, 0.25) is 0 Å². The summed E-state index contributed by atoms with van der Waals surface area (Å²) < 4.78 is 70.1. The van der Waals surface area contributed by atoms with Crippen LogP contribution < -0.4 is 0 Å². The van der Waals surface area contributed by atoms with Crippen LogP contribution in [0.4, 0.5) is 13.2 Å². The molecule has 2 aliphatic heterocycles. The summed E-state index contributed by atoms with van der Waals surface area (Å²) in [4.78, 5) is 2.06. The van der Waals surface area contributed by atoms with Gasteiger partial charge in [0, 0.05) is 39.3 Å². The predicted octanol–water partition coefficient (Wildman–Crippen LogP) is 2.72. The minimum absolute atomic E-state index is 0.0336. The quantitative estimate of drug-likeness (QED) is 0.755. The molecule has 0 amide bonds. The molecule has 0 spiro atoms. The van der Waals surface area contributed by atoms with E-state index in [1.165, 1.54) is 16.4 Å². The number of alkyl halides is 3. The average molecular weight is 406 g/mol. The fourth-order valence-corrected chi connectivity index (χ4v) is 5.17. The molecule has 1 atom stereocenters. The van der Waals surface area contributed by atoms with Crippen LogP contribution in [0.15, 0.2) is 24.3 Å². The summed E-state index contributed by atoms with van der Waals surface area (Å²) in [5.41, 5.74) is 0.127. The first kappa shape index (κ1) is 20.6. The average Bonchev–Trinajstić information content (AvgIpc) is 2.62. The van der Waals surface area contributed by atoms with Crippen molar-refractivity contribution in [2.24, 2.45) is 0 Å². The van der Waals surface area contributed by atoms with Gasteiger partial charge in [-0.25, -0.2) is 8.42 Å². The second-order valence-electron chi connectivity index (χ2n) is 7.14. The van der Waals surface area contributed by atoms with Gasteiger partial charge < -0.3 is 4.74 Å². The zero-order chi connectivity index (χ0) is 19.5. The van der Waals surface area contributed by atoms with Crippen molar-refractivity contribution in [2.75, 3.05) is 38.5 Å². The van der Waals surface area contributed by atoms with E-state index in [2.05, 4.69) is 4.90 Å². The van der Waals surface area contributed by atoms with Crippen molar-refractivity contribution in [1.29, 1.82) is 0 Å². The fourth-order valence-electron chi connectivity index (χ4n) is 3.50. The van der Waals surface area contributed by atoms with E-state index in [1.54, 1.807) is 0 Å². The second-order valence-corrected chi connectivity index (χ2v) is 9.15. The van der Waals surface area contributed by atoms with Crippen LogP contribution in [0.1, 0.15) is 30.4 Å². The lowest BCUT2D eigenvalue weighted by Gasteiger charge is -2.35. The number of rotatable bonds is 5. The molecule has 2 heterocycles. The summed E-state index contributed by atoms with van der Waals surface area (Å²) in [6, 6.07) is 5.12. The lowest BCUT2D eigenvalue weighted by Crippen LogP contribution is -2.50. The minimum Gasteiger partial charge on any atom is -0.377 e. The number of piperazine rings is 1. The van der Waals surface area contributed by atoms with Gasteiger partial charge in [0.2, 0.25) is 10.0 Å². The van der Waals surface area contributed by atoms with E-state index in [0.717, 1.165) is 37.0 Å². The highest BCUT2D eigenvalue weighted by Gasteiger charge is 2.31. The number of halogens is 3. The zero-order valence-corrected chi connectivity index (χ0v) is 15.9. The number of nitrogens with zero attached hydrogens (tertiary/aromatic N) is 2. The van der Waals surface area contributed by atoms with Crippen molar-refractivity contribution in [3.8, 4) is 0 Å². The molecule has 2 aliphatic rings. The highest BCUT2D eigenvalue weighted by molar-refractivity contribution is 7.89. The molecular formula is C18H25F3N2O3S. The topological polar surface area (TPSA) is 49.9 Å². The van der Waals surface area contributed by atoms with Crippen LogP contribution in [0.3, 0.4) is 0 Å². The molecule has 1 aromatic rings. The lowest BCUT2D eigenvalue weighted by molar-refractivity contribution is -0.137. The molecule has 9 heteroatoms. The SMILES string of the molecule is O=S(=O)(CC1CCCCO1)N1CCN(Cc2ccc(C(F)(F)F)cc2)CC1. The maximum absolute atomic E-state index is 12.6. The first-order valence-electron chi connectivity index (χ1n) is 9.22. The Bertz CT molecular complexity index is 708. The first-order valence-corrected chi connectivity index (χ1v) is 10.8. The fraction of sp³-hybridized carbons (Fsp3) is 0.667. The van der Waals surface area contributed by atoms with Crippen LogP contribution in [-0.4, -0.2) is 62.3 Å². The largest absolute Gasteiger partial charge is 0.416 e. The van der Waals surface area contributed by atoms with Gasteiger partial charge in [0.25, 0.3) is 0 Å². The Labute approximate surface area is 158 Å². The molecule has 27 heavy (non-hydrogen) atoms. The van der Waals surface area contributed by atoms with E-state index >= 15 is 0 Å². The second kappa shape index (κ2) is 8.46. The molecule has 0 aliphatic carbocycles. The van der Waals surface area contributed by atoms with Crippen molar-refractivity contribution < 1.29 is 26.3 Å². The molecule has 0 N–H and O–H groups in total. The summed E-state index contributed by atoms with van der Waals surface area (Å²) in [6.45, 7) is 3.06. The Balaban J connectivity index is 1.49. The smallest absolute Gasteiger partial charge is 0.377 e. The Morgan fingerprint density at radius 3 is 2.26 bits per heavy atom. The van der Waals surface area contributed by atoms with Crippen molar-refractivity contribution in [1.82, 2.24) is 9.21 Å². The van der Waals surface area contributed by atoms with Crippen molar-refractivity contribution in [3.63, 3.8) is 0 Å². The third-order valence-corrected chi connectivity index (χ3v) is 7.03. The summed E-state index contributed by atoms with van der Waals surface area (Å²) in [5, 5.41) is 0. The van der Waals surface area contributed by atoms with Crippen molar-refractivity contribution >= 4 is 10.0 Å². The molecular weight excluding hydrogens is 381 g/mol. The van der Waals surface area contributed by atoms with E-state index in [4.69, 9.17) is 4.74 Å². The molecule has 152 valence electrons. The molecule has 5 nitrogen and oxygen atoms in total. The van der Waals surface area contributed by atoms with Gasteiger partial charge in [0.15, 0.2) is 0 Å². The van der Waals surface area contributed by atoms with Crippen molar-refractivity contribution in [3.05, 3.63) is 35.4 Å². The van der Waals surface area contributed by atoms with Gasteiger partial charge in [-0.15, -0.1) is 0 Å². The van der Waals surface area contributed by atoms with E-state index in [-0.39, 0.29) is 11.9 Å². The lowest BCUT2D eigenvalue weighted by atomic mass is 10.1. The molecule has 0 bridgehead atoms. The standard InChI is InChI=1S/C18H25F3N2O3S/c19-18(20,21)16-6-4-15(5-7-16)13-22-8-10-23(11-9-22)27(24,25)14-17-3-1-2-12-26-17/h4-7,17H,1-3,8-14H2. The number of hydrogen-bond acceptors (Lipinski definition) is 4. The molecule has 0 aromatic heterocycles. The highest BCUT2D eigenvalue weighted by Crippen LogP contribution is 2.29. The summed E-state index contributed by atoms with van der Waals surface area (Å²) in [6.07, 6.45) is -1.78. The Morgan fingerprint density at radius 1 is 1.04 bits per heavy atom. The van der Waals surface area contributed by atoms with Crippen LogP contribution in [0.5, 0.6) is 0 Å². The molecule has 1 aromatic carbocycles. The maximum Gasteiger partial charge on any atom is 0.416 e. The highest BCUT2D eigenvalue weighted by atomic mass is 32.2. The van der Waals surface area contributed by atoms with Crippen LogP contribution in [-0.2, 0) is 27.5 Å². The van der Waals surface area contributed by atoms with E-state index in [9.17, 15) is 21.6 Å². The maximum atomic E-state index is 12.6. The minimum atomic E-state index is -4.33. The number of ether oxygens (including phenoxy) is 1. The monoisotopic (exact) mass is 406 g/mol. The summed E-state index contributed by atoms with van der Waals surface area (Å²) >= 11 is 0. The zero-order valence-electron chi connectivity index (χ0n) is 15.1. The third kappa shape index (κ3) is 5.66. The normalized spacial score (nSPS) is 23.4. The van der Waals surface area contributed by atoms with E-state index in [0.29, 0.717) is 39.3 Å². The molecule has 1 unspecified atom stereocenters. The van der Waals surface area contributed by atoms with Gasteiger partial charge in [-0.05, 0) is 37.0 Å². The van der Waals surface area contributed by atoms with Gasteiger partial charge >= 0.3 is 6.18 Å². The molecule has 2 fully saturated rings. The molecule has 0 radical (unpaired) electrons. The first-order chi connectivity index (χ1) is 12.7. The van der Waals surface area contributed by atoms with Gasteiger partial charge in [0.1, 0.15) is 0 Å². The van der Waals surface area contributed by atoms with Crippen LogP contribution in [0.25, 0.3) is 0 Å². The van der Waals surface area contributed by atoms with Gasteiger partial charge in [-0.3, -0.25) is 4.90 Å². The Kier molecular flexibility index (Phi) is 6.45. The number of benzene rings is 1. The molecule has 3 rings (SSSR count). The van der Waals surface area contributed by atoms with Gasteiger partial charge in [-0.1, -0.05) is 12.1 Å². The van der Waals surface area contributed by atoms with Gasteiger partial charge in [0.05, 0.1) is 17.4 Å². The number of hydrogen-bond donors (Lipinski definition) is 0. The number of sulfonamides is 1. The van der Waals surface area contributed by atoms with Crippen molar-refractivity contribution in [2.45, 2.75) is 38.1 Å². The summed E-state index contributed by atoms with van der Waals surface area (Å²) in [7, 11) is -3.34. The van der Waals surface area contributed by atoms with E-state index < -0.39 is 21.8 Å².